The molecule has 0 bridgehead atoms. The summed E-state index contributed by atoms with van der Waals surface area (Å²) in [5, 5.41) is 12.5. The van der Waals surface area contributed by atoms with E-state index in [0.29, 0.717) is 11.3 Å². The summed E-state index contributed by atoms with van der Waals surface area (Å²) in [5.74, 6) is -2.23. The molecule has 0 spiro atoms. The standard InChI is InChI=1S/C18H19F2NO3/c1-11(2)24-13-6-3-5-12(9-13)16(22)10-21-18(23)17-14(19)7-4-8-15(17)20/h3-9,11,16,22H,10H2,1-2H3,(H,21,23). The molecule has 0 aliphatic heterocycles. The molecule has 0 fully saturated rings. The number of rotatable bonds is 6. The number of aliphatic hydroxyl groups is 1. The zero-order valence-electron chi connectivity index (χ0n) is 13.4. The van der Waals surface area contributed by atoms with Gasteiger partial charge in [0.2, 0.25) is 0 Å². The van der Waals surface area contributed by atoms with Gasteiger partial charge in [-0.05, 0) is 43.7 Å². The van der Waals surface area contributed by atoms with Crippen molar-refractivity contribution in [2.75, 3.05) is 6.54 Å². The summed E-state index contributed by atoms with van der Waals surface area (Å²) >= 11 is 0. The second kappa shape index (κ2) is 7.88. The minimum absolute atomic E-state index is 0.0128. The van der Waals surface area contributed by atoms with Crippen LogP contribution in [0, 0.1) is 11.6 Å². The minimum atomic E-state index is -1.03. The van der Waals surface area contributed by atoms with Crippen LogP contribution in [0.2, 0.25) is 0 Å². The molecule has 1 unspecified atom stereocenters. The van der Waals surface area contributed by atoms with E-state index in [0.717, 1.165) is 12.1 Å². The Balaban J connectivity index is 2.03. The molecule has 0 aliphatic carbocycles. The lowest BCUT2D eigenvalue weighted by Gasteiger charge is -2.15. The molecular formula is C18H19F2NO3. The number of nitrogens with one attached hydrogen (secondary N) is 1. The molecule has 6 heteroatoms. The number of carbonyl (C=O) groups excluding carboxylic acids is 1. The van der Waals surface area contributed by atoms with Crippen molar-refractivity contribution in [1.82, 2.24) is 5.32 Å². The van der Waals surface area contributed by atoms with Crippen LogP contribution in [0.5, 0.6) is 5.75 Å². The highest BCUT2D eigenvalue weighted by Gasteiger charge is 2.18. The molecular weight excluding hydrogens is 316 g/mol. The Morgan fingerprint density at radius 2 is 1.79 bits per heavy atom. The highest BCUT2D eigenvalue weighted by molar-refractivity contribution is 5.94. The minimum Gasteiger partial charge on any atom is -0.491 e. The third-order valence-corrected chi connectivity index (χ3v) is 3.26. The number of benzene rings is 2. The first-order valence-corrected chi connectivity index (χ1v) is 7.55. The Hall–Kier alpha value is -2.47. The number of halogens is 2. The van der Waals surface area contributed by atoms with Gasteiger partial charge in [0.1, 0.15) is 22.9 Å². The fourth-order valence-electron chi connectivity index (χ4n) is 2.18. The summed E-state index contributed by atoms with van der Waals surface area (Å²) in [6.45, 7) is 3.58. The molecule has 24 heavy (non-hydrogen) atoms. The largest absolute Gasteiger partial charge is 0.491 e. The first kappa shape index (κ1) is 17.9. The van der Waals surface area contributed by atoms with E-state index in [9.17, 15) is 18.7 Å². The average Bonchev–Trinajstić information content (AvgIpc) is 2.52. The molecule has 0 heterocycles. The molecule has 0 aromatic heterocycles. The maximum atomic E-state index is 13.5. The number of carbonyl (C=O) groups is 1. The predicted molar refractivity (Wildman–Crippen MR) is 85.9 cm³/mol. The quantitative estimate of drug-likeness (QED) is 0.852. The van der Waals surface area contributed by atoms with Crippen LogP contribution < -0.4 is 10.1 Å². The first-order chi connectivity index (χ1) is 11.4. The third kappa shape index (κ3) is 4.52. The number of ether oxygens (including phenoxy) is 1. The molecule has 0 aliphatic rings. The highest BCUT2D eigenvalue weighted by Crippen LogP contribution is 2.20. The van der Waals surface area contributed by atoms with Crippen LogP contribution in [0.25, 0.3) is 0 Å². The molecule has 0 saturated carbocycles. The van der Waals surface area contributed by atoms with Crippen molar-refractivity contribution in [3.8, 4) is 5.75 Å². The van der Waals surface area contributed by atoms with Gasteiger partial charge in [-0.15, -0.1) is 0 Å². The normalized spacial score (nSPS) is 12.1. The van der Waals surface area contributed by atoms with Crippen molar-refractivity contribution in [2.45, 2.75) is 26.1 Å². The third-order valence-electron chi connectivity index (χ3n) is 3.26. The summed E-state index contributed by atoms with van der Waals surface area (Å²) in [5.41, 5.74) is -0.135. The van der Waals surface area contributed by atoms with Crippen molar-refractivity contribution >= 4 is 5.91 Å². The second-order valence-electron chi connectivity index (χ2n) is 5.56. The fourth-order valence-corrected chi connectivity index (χ4v) is 2.18. The summed E-state index contributed by atoms with van der Waals surface area (Å²) in [4.78, 5) is 11.9. The van der Waals surface area contributed by atoms with Gasteiger partial charge in [-0.1, -0.05) is 18.2 Å². The van der Waals surface area contributed by atoms with Crippen molar-refractivity contribution in [3.05, 3.63) is 65.2 Å². The Morgan fingerprint density at radius 1 is 1.17 bits per heavy atom. The lowest BCUT2D eigenvalue weighted by molar-refractivity contribution is 0.0908. The van der Waals surface area contributed by atoms with Crippen LogP contribution in [0.4, 0.5) is 8.78 Å². The maximum Gasteiger partial charge on any atom is 0.257 e. The van der Waals surface area contributed by atoms with E-state index in [1.165, 1.54) is 6.07 Å². The highest BCUT2D eigenvalue weighted by atomic mass is 19.1. The first-order valence-electron chi connectivity index (χ1n) is 7.55. The average molecular weight is 335 g/mol. The SMILES string of the molecule is CC(C)Oc1cccc(C(O)CNC(=O)c2c(F)cccc2F)c1. The number of hydrogen-bond donors (Lipinski definition) is 2. The second-order valence-corrected chi connectivity index (χ2v) is 5.56. The molecule has 4 nitrogen and oxygen atoms in total. The van der Waals surface area contributed by atoms with Crippen molar-refractivity contribution in [3.63, 3.8) is 0 Å². The van der Waals surface area contributed by atoms with Crippen molar-refractivity contribution in [1.29, 1.82) is 0 Å². The Bertz CT molecular complexity index is 699. The maximum absolute atomic E-state index is 13.5. The van der Waals surface area contributed by atoms with Crippen LogP contribution in [-0.2, 0) is 0 Å². The summed E-state index contributed by atoms with van der Waals surface area (Å²) in [6.07, 6.45) is -1.04. The van der Waals surface area contributed by atoms with E-state index in [1.54, 1.807) is 24.3 Å². The van der Waals surface area contributed by atoms with E-state index in [-0.39, 0.29) is 12.6 Å². The molecule has 2 N–H and O–H groups in total. The van der Waals surface area contributed by atoms with Crippen LogP contribution in [0.15, 0.2) is 42.5 Å². The van der Waals surface area contributed by atoms with Crippen LogP contribution in [-0.4, -0.2) is 23.7 Å². The number of aliphatic hydroxyl groups excluding tert-OH is 1. The predicted octanol–water partition coefficient (Wildman–Crippen LogP) is 3.22. The van der Waals surface area contributed by atoms with Crippen LogP contribution >= 0.6 is 0 Å². The van der Waals surface area contributed by atoms with E-state index >= 15 is 0 Å². The van der Waals surface area contributed by atoms with Gasteiger partial charge in [0, 0.05) is 6.54 Å². The molecule has 2 aromatic rings. The Labute approximate surface area is 139 Å². The lowest BCUT2D eigenvalue weighted by atomic mass is 10.1. The lowest BCUT2D eigenvalue weighted by Crippen LogP contribution is -2.29. The van der Waals surface area contributed by atoms with Gasteiger partial charge in [0.15, 0.2) is 0 Å². The van der Waals surface area contributed by atoms with E-state index < -0.39 is 29.2 Å². The van der Waals surface area contributed by atoms with Crippen LogP contribution in [0.1, 0.15) is 35.9 Å². The van der Waals surface area contributed by atoms with Gasteiger partial charge >= 0.3 is 0 Å². The van der Waals surface area contributed by atoms with Gasteiger partial charge < -0.3 is 15.2 Å². The molecule has 2 aromatic carbocycles. The van der Waals surface area contributed by atoms with Crippen molar-refractivity contribution < 1.29 is 23.4 Å². The monoisotopic (exact) mass is 335 g/mol. The van der Waals surface area contributed by atoms with E-state index in [2.05, 4.69) is 5.32 Å². The van der Waals surface area contributed by atoms with Gasteiger partial charge in [-0.3, -0.25) is 4.79 Å². The molecule has 1 amide bonds. The summed E-state index contributed by atoms with van der Waals surface area (Å²) < 4.78 is 32.6. The Morgan fingerprint density at radius 3 is 2.42 bits per heavy atom. The molecule has 128 valence electrons. The van der Waals surface area contributed by atoms with Gasteiger partial charge in [-0.25, -0.2) is 8.78 Å². The van der Waals surface area contributed by atoms with E-state index in [1.807, 2.05) is 13.8 Å². The summed E-state index contributed by atoms with van der Waals surface area (Å²) in [7, 11) is 0. The molecule has 0 radical (unpaired) electrons. The number of amides is 1. The van der Waals surface area contributed by atoms with Gasteiger partial charge in [0.25, 0.3) is 5.91 Å². The molecule has 2 rings (SSSR count). The van der Waals surface area contributed by atoms with Gasteiger partial charge in [-0.2, -0.15) is 0 Å². The number of hydrogen-bond acceptors (Lipinski definition) is 3. The van der Waals surface area contributed by atoms with Gasteiger partial charge in [0.05, 0.1) is 12.2 Å². The van der Waals surface area contributed by atoms with Crippen LogP contribution in [0.3, 0.4) is 0 Å². The summed E-state index contributed by atoms with van der Waals surface area (Å²) in [6, 6.07) is 9.98. The molecule has 1 atom stereocenters. The zero-order chi connectivity index (χ0) is 17.7. The zero-order valence-corrected chi connectivity index (χ0v) is 13.4. The molecule has 0 saturated heterocycles. The van der Waals surface area contributed by atoms with Crippen molar-refractivity contribution in [2.24, 2.45) is 0 Å². The van der Waals surface area contributed by atoms with E-state index in [4.69, 9.17) is 4.74 Å². The fraction of sp³-hybridized carbons (Fsp3) is 0.278. The Kier molecular flexibility index (Phi) is 5.87. The smallest absolute Gasteiger partial charge is 0.257 e. The topological polar surface area (TPSA) is 58.6 Å².